The Morgan fingerprint density at radius 1 is 1.06 bits per heavy atom. The lowest BCUT2D eigenvalue weighted by atomic mass is 10.2. The minimum absolute atomic E-state index is 0.114. The number of amides is 3. The minimum Gasteiger partial charge on any atom is -0.334 e. The highest BCUT2D eigenvalue weighted by atomic mass is 32.2. The monoisotopic (exact) mass is 475 g/mol. The number of hydrogen-bond donors (Lipinski definition) is 2. The molecule has 11 nitrogen and oxygen atoms in total. The van der Waals surface area contributed by atoms with Crippen LogP contribution in [0.3, 0.4) is 0 Å². The van der Waals surface area contributed by atoms with Gasteiger partial charge in [0.15, 0.2) is 0 Å². The van der Waals surface area contributed by atoms with Crippen LogP contribution in [-0.2, 0) is 21.4 Å². The van der Waals surface area contributed by atoms with Crippen LogP contribution < -0.4 is 10.6 Å². The number of benzene rings is 2. The molecule has 3 rings (SSSR count). The maximum Gasteiger partial charge on any atom is 0.321 e. The molecule has 33 heavy (non-hydrogen) atoms. The van der Waals surface area contributed by atoms with Crippen molar-refractivity contribution < 1.29 is 22.9 Å². The number of carbonyl (C=O) groups excluding carboxylic acids is 2. The summed E-state index contributed by atoms with van der Waals surface area (Å²) in [5.41, 5.74) is 0.597. The average Bonchev–Trinajstić information content (AvgIpc) is 2.83. The van der Waals surface area contributed by atoms with Gasteiger partial charge in [0, 0.05) is 44.9 Å². The molecule has 1 unspecified atom stereocenters. The molecule has 1 fully saturated rings. The van der Waals surface area contributed by atoms with Gasteiger partial charge in [0.2, 0.25) is 15.9 Å². The van der Waals surface area contributed by atoms with Crippen molar-refractivity contribution in [3.63, 3.8) is 0 Å². The third kappa shape index (κ3) is 6.12. The molecule has 1 aliphatic heterocycles. The number of hydrogen-bond acceptors (Lipinski definition) is 7. The van der Waals surface area contributed by atoms with Gasteiger partial charge in [-0.15, -0.1) is 0 Å². The van der Waals surface area contributed by atoms with Crippen molar-refractivity contribution >= 4 is 27.6 Å². The topological polar surface area (TPSA) is 142 Å². The summed E-state index contributed by atoms with van der Waals surface area (Å²) in [4.78, 5) is 36.4. The van der Waals surface area contributed by atoms with E-state index >= 15 is 0 Å². The molecule has 2 N–H and O–H groups in total. The quantitative estimate of drug-likeness (QED) is 0.454. The first-order valence-corrected chi connectivity index (χ1v) is 11.7. The number of imide groups is 1. The van der Waals surface area contributed by atoms with Crippen LogP contribution in [0.1, 0.15) is 12.5 Å². The van der Waals surface area contributed by atoms with E-state index in [-0.39, 0.29) is 43.3 Å². The van der Waals surface area contributed by atoms with E-state index in [2.05, 4.69) is 10.6 Å². The van der Waals surface area contributed by atoms with Gasteiger partial charge in [-0.2, -0.15) is 4.31 Å². The predicted octanol–water partition coefficient (Wildman–Crippen LogP) is 1.32. The summed E-state index contributed by atoms with van der Waals surface area (Å²) in [6, 6.07) is 12.9. The fourth-order valence-corrected chi connectivity index (χ4v) is 4.90. The van der Waals surface area contributed by atoms with Crippen molar-refractivity contribution in [2.24, 2.45) is 0 Å². The van der Waals surface area contributed by atoms with Gasteiger partial charge >= 0.3 is 6.03 Å². The average molecular weight is 476 g/mol. The van der Waals surface area contributed by atoms with Gasteiger partial charge < -0.3 is 5.32 Å². The Morgan fingerprint density at radius 2 is 1.73 bits per heavy atom. The maximum atomic E-state index is 12.9. The second-order valence-corrected chi connectivity index (χ2v) is 9.47. The second kappa shape index (κ2) is 10.5. The Balaban J connectivity index is 1.52. The molecular weight excluding hydrogens is 450 g/mol. The van der Waals surface area contributed by atoms with Gasteiger partial charge in [-0.25, -0.2) is 13.2 Å². The Labute approximate surface area is 191 Å². The molecule has 0 bridgehead atoms. The molecule has 0 saturated carbocycles. The zero-order chi connectivity index (χ0) is 24.0. The largest absolute Gasteiger partial charge is 0.334 e. The molecule has 0 aliphatic carbocycles. The zero-order valence-electron chi connectivity index (χ0n) is 18.0. The van der Waals surface area contributed by atoms with Gasteiger partial charge in [-0.3, -0.25) is 25.1 Å². The number of non-ortho nitro benzene ring substituents is 1. The normalized spacial score (nSPS) is 16.0. The Morgan fingerprint density at radius 3 is 2.36 bits per heavy atom. The summed E-state index contributed by atoms with van der Waals surface area (Å²) in [5, 5.41) is 15.9. The van der Waals surface area contributed by atoms with Crippen LogP contribution >= 0.6 is 0 Å². The number of piperazine rings is 1. The number of urea groups is 1. The summed E-state index contributed by atoms with van der Waals surface area (Å²) in [7, 11) is -3.90. The molecule has 0 aromatic heterocycles. The van der Waals surface area contributed by atoms with Crippen molar-refractivity contribution in [2.45, 2.75) is 24.4 Å². The number of nitrogens with one attached hydrogen (secondary N) is 2. The van der Waals surface area contributed by atoms with Gasteiger partial charge in [0.1, 0.15) is 0 Å². The molecule has 12 heteroatoms. The number of nitro groups is 1. The van der Waals surface area contributed by atoms with Crippen molar-refractivity contribution in [1.82, 2.24) is 19.8 Å². The molecule has 176 valence electrons. The number of nitrogens with zero attached hydrogens (tertiary/aromatic N) is 3. The molecule has 2 aromatic rings. The van der Waals surface area contributed by atoms with E-state index in [1.54, 1.807) is 11.8 Å². The van der Waals surface area contributed by atoms with Crippen molar-refractivity contribution in [2.75, 3.05) is 26.2 Å². The van der Waals surface area contributed by atoms with E-state index in [4.69, 9.17) is 0 Å². The highest BCUT2D eigenvalue weighted by Gasteiger charge is 2.32. The van der Waals surface area contributed by atoms with Crippen molar-refractivity contribution in [1.29, 1.82) is 0 Å². The number of rotatable bonds is 7. The summed E-state index contributed by atoms with van der Waals surface area (Å²) < 4.78 is 27.0. The fourth-order valence-electron chi connectivity index (χ4n) is 3.44. The predicted molar refractivity (Wildman–Crippen MR) is 120 cm³/mol. The lowest BCUT2D eigenvalue weighted by molar-refractivity contribution is -0.385. The maximum absolute atomic E-state index is 12.9. The summed E-state index contributed by atoms with van der Waals surface area (Å²) >= 11 is 0. The van der Waals surface area contributed by atoms with Crippen LogP contribution in [0, 0.1) is 10.1 Å². The van der Waals surface area contributed by atoms with E-state index in [9.17, 15) is 28.1 Å². The molecule has 1 atom stereocenters. The van der Waals surface area contributed by atoms with Gasteiger partial charge in [-0.05, 0) is 18.6 Å². The fraction of sp³-hybridized carbons (Fsp3) is 0.333. The third-order valence-electron chi connectivity index (χ3n) is 5.40. The van der Waals surface area contributed by atoms with E-state index in [0.717, 1.165) is 11.6 Å². The molecule has 0 spiro atoms. The van der Waals surface area contributed by atoms with Crippen LogP contribution in [-0.4, -0.2) is 66.7 Å². The van der Waals surface area contributed by atoms with Gasteiger partial charge in [0.05, 0.1) is 15.9 Å². The van der Waals surface area contributed by atoms with E-state index < -0.39 is 32.9 Å². The lowest BCUT2D eigenvalue weighted by Crippen LogP contribution is -2.56. The van der Waals surface area contributed by atoms with Crippen LogP contribution in [0.25, 0.3) is 0 Å². The first kappa shape index (κ1) is 24.3. The highest BCUT2D eigenvalue weighted by Crippen LogP contribution is 2.22. The van der Waals surface area contributed by atoms with Crippen LogP contribution in [0.15, 0.2) is 59.5 Å². The Bertz CT molecular complexity index is 1120. The highest BCUT2D eigenvalue weighted by molar-refractivity contribution is 7.89. The molecule has 2 aromatic carbocycles. The van der Waals surface area contributed by atoms with E-state index in [0.29, 0.717) is 0 Å². The smallest absolute Gasteiger partial charge is 0.321 e. The minimum atomic E-state index is -3.90. The third-order valence-corrected chi connectivity index (χ3v) is 7.29. The molecule has 1 heterocycles. The van der Waals surface area contributed by atoms with Crippen molar-refractivity contribution in [3.8, 4) is 0 Å². The molecule has 3 amide bonds. The van der Waals surface area contributed by atoms with Crippen LogP contribution in [0.4, 0.5) is 10.5 Å². The molecular formula is C21H25N5O6S. The summed E-state index contributed by atoms with van der Waals surface area (Å²) in [5.74, 6) is -0.490. The van der Waals surface area contributed by atoms with Crippen LogP contribution in [0.2, 0.25) is 0 Å². The molecule has 1 saturated heterocycles. The van der Waals surface area contributed by atoms with Gasteiger partial charge in [0.25, 0.3) is 5.69 Å². The second-order valence-electron chi connectivity index (χ2n) is 7.53. The number of carbonyl (C=O) groups is 2. The van der Waals surface area contributed by atoms with E-state index in [1.807, 2.05) is 30.3 Å². The van der Waals surface area contributed by atoms with Crippen LogP contribution in [0.5, 0.6) is 0 Å². The summed E-state index contributed by atoms with van der Waals surface area (Å²) in [6.45, 7) is 2.70. The summed E-state index contributed by atoms with van der Waals surface area (Å²) in [6.07, 6.45) is 0. The molecule has 0 radical (unpaired) electrons. The SMILES string of the molecule is CC(C(=O)NC(=O)NCc1ccccc1)N1CCN(S(=O)(=O)c2cccc([N+](=O)[O-])c2)CC1. The Kier molecular flexibility index (Phi) is 7.74. The standard InChI is InChI=1S/C21H25N5O6S/c1-16(20(27)23-21(28)22-15-17-6-3-2-4-7-17)24-10-12-25(13-11-24)33(31,32)19-9-5-8-18(14-19)26(29)30/h2-9,14,16H,10-13,15H2,1H3,(H2,22,23,27,28). The van der Waals surface area contributed by atoms with Gasteiger partial charge in [-0.1, -0.05) is 36.4 Å². The van der Waals surface area contributed by atoms with E-state index in [1.165, 1.54) is 22.5 Å². The first-order chi connectivity index (χ1) is 15.7. The Hall–Kier alpha value is -3.35. The number of nitro benzene ring substituents is 1. The van der Waals surface area contributed by atoms with Crippen molar-refractivity contribution in [3.05, 3.63) is 70.3 Å². The lowest BCUT2D eigenvalue weighted by Gasteiger charge is -2.36. The first-order valence-electron chi connectivity index (χ1n) is 10.3. The number of sulfonamides is 1. The molecule has 1 aliphatic rings. The zero-order valence-corrected chi connectivity index (χ0v) is 18.8.